The van der Waals surface area contributed by atoms with Crippen molar-refractivity contribution in [3.8, 4) is 11.3 Å². The van der Waals surface area contributed by atoms with Gasteiger partial charge in [-0.05, 0) is 60.3 Å². The molecule has 1 aromatic heterocycles. The number of halogens is 1. The van der Waals surface area contributed by atoms with E-state index in [0.29, 0.717) is 40.1 Å². The van der Waals surface area contributed by atoms with Crippen LogP contribution in [0, 0.1) is 5.82 Å². The number of nitrogens with one attached hydrogen (secondary N) is 1. The number of carbonyl (C=O) groups excluding carboxylic acids is 4. The summed E-state index contributed by atoms with van der Waals surface area (Å²) in [5.41, 5.74) is 1.45. The van der Waals surface area contributed by atoms with E-state index in [-0.39, 0.29) is 4.91 Å². The molecule has 4 rings (SSSR count). The summed E-state index contributed by atoms with van der Waals surface area (Å²) in [6.07, 6.45) is 1.43. The van der Waals surface area contributed by atoms with Crippen LogP contribution in [0.15, 0.2) is 70.0 Å². The molecule has 8 nitrogen and oxygen atoms in total. The van der Waals surface area contributed by atoms with E-state index in [9.17, 15) is 23.6 Å². The Hall–Kier alpha value is -4.18. The molecule has 10 heteroatoms. The van der Waals surface area contributed by atoms with Gasteiger partial charge in [0.15, 0.2) is 0 Å². The van der Waals surface area contributed by atoms with E-state index >= 15 is 0 Å². The largest absolute Gasteiger partial charge is 0.465 e. The highest BCUT2D eigenvalue weighted by atomic mass is 32.2. The summed E-state index contributed by atoms with van der Waals surface area (Å²) >= 11 is 0.697. The highest BCUT2D eigenvalue weighted by Gasteiger charge is 2.36. The van der Waals surface area contributed by atoms with Crippen LogP contribution in [0.5, 0.6) is 0 Å². The number of furan rings is 1. The van der Waals surface area contributed by atoms with Crippen LogP contribution in [0.25, 0.3) is 17.4 Å². The van der Waals surface area contributed by atoms with E-state index in [1.54, 1.807) is 36.4 Å². The van der Waals surface area contributed by atoms with Crippen LogP contribution in [0.3, 0.4) is 0 Å². The number of thioether (sulfide) groups is 1. The van der Waals surface area contributed by atoms with Crippen molar-refractivity contribution in [3.05, 3.63) is 82.7 Å². The molecule has 0 spiro atoms. The standard InChI is InChI=1S/C24H17FN2O6S/c1-32-23(30)15-4-2-14(3-5-15)19-11-10-18(33-19)12-20-22(29)27(24(31)34-20)13-21(28)26-17-8-6-16(25)7-9-17/h2-12H,13H2,1H3,(H,26,28)/b20-12+. The average molecular weight is 480 g/mol. The Balaban J connectivity index is 1.43. The second-order valence-electron chi connectivity index (χ2n) is 7.09. The van der Waals surface area contributed by atoms with Crippen LogP contribution < -0.4 is 5.32 Å². The van der Waals surface area contributed by atoms with Gasteiger partial charge in [0.2, 0.25) is 5.91 Å². The molecule has 0 saturated carbocycles. The number of ether oxygens (including phenoxy) is 1. The van der Waals surface area contributed by atoms with Crippen LogP contribution in [0.1, 0.15) is 16.1 Å². The Bertz CT molecular complexity index is 1300. The minimum absolute atomic E-state index is 0.113. The third kappa shape index (κ3) is 5.07. The summed E-state index contributed by atoms with van der Waals surface area (Å²) in [4.78, 5) is 49.7. The lowest BCUT2D eigenvalue weighted by atomic mass is 10.1. The molecule has 0 aliphatic carbocycles. The van der Waals surface area contributed by atoms with Crippen molar-refractivity contribution in [2.75, 3.05) is 19.0 Å². The van der Waals surface area contributed by atoms with Crippen molar-refractivity contribution in [1.29, 1.82) is 0 Å². The molecule has 3 aromatic rings. The van der Waals surface area contributed by atoms with E-state index in [1.807, 2.05) is 0 Å². The molecule has 2 heterocycles. The number of amides is 3. The second-order valence-corrected chi connectivity index (χ2v) is 8.09. The van der Waals surface area contributed by atoms with Crippen molar-refractivity contribution < 1.29 is 32.7 Å². The molecule has 1 saturated heterocycles. The van der Waals surface area contributed by atoms with Crippen molar-refractivity contribution in [2.24, 2.45) is 0 Å². The molecular weight excluding hydrogens is 463 g/mol. The number of rotatable bonds is 6. The van der Waals surface area contributed by atoms with Crippen molar-refractivity contribution >= 4 is 46.5 Å². The number of imide groups is 1. The Morgan fingerprint density at radius 2 is 1.76 bits per heavy atom. The van der Waals surface area contributed by atoms with Gasteiger partial charge < -0.3 is 14.5 Å². The van der Waals surface area contributed by atoms with Gasteiger partial charge >= 0.3 is 5.97 Å². The summed E-state index contributed by atoms with van der Waals surface area (Å²) in [6, 6.07) is 15.0. The van der Waals surface area contributed by atoms with Gasteiger partial charge in [0, 0.05) is 17.3 Å². The highest BCUT2D eigenvalue weighted by molar-refractivity contribution is 8.18. The van der Waals surface area contributed by atoms with Crippen LogP contribution in [0.2, 0.25) is 0 Å². The molecule has 34 heavy (non-hydrogen) atoms. The van der Waals surface area contributed by atoms with Gasteiger partial charge in [-0.3, -0.25) is 19.3 Å². The first-order valence-corrected chi connectivity index (χ1v) is 10.7. The minimum atomic E-state index is -0.621. The number of hydrogen-bond donors (Lipinski definition) is 1. The molecule has 172 valence electrons. The van der Waals surface area contributed by atoms with E-state index in [1.165, 1.54) is 37.5 Å². The fourth-order valence-electron chi connectivity index (χ4n) is 3.12. The molecule has 2 aromatic carbocycles. The number of nitrogens with zero attached hydrogens (tertiary/aromatic N) is 1. The number of benzene rings is 2. The van der Waals surface area contributed by atoms with Crippen molar-refractivity contribution in [1.82, 2.24) is 4.90 Å². The topological polar surface area (TPSA) is 106 Å². The molecule has 1 fully saturated rings. The van der Waals surface area contributed by atoms with Gasteiger partial charge in [-0.2, -0.15) is 0 Å². The zero-order valence-corrected chi connectivity index (χ0v) is 18.6. The number of carbonyl (C=O) groups is 4. The predicted molar refractivity (Wildman–Crippen MR) is 123 cm³/mol. The quantitative estimate of drug-likeness (QED) is 0.408. The molecule has 3 amide bonds. The Kier molecular flexibility index (Phi) is 6.60. The van der Waals surface area contributed by atoms with Crippen LogP contribution in [0.4, 0.5) is 14.9 Å². The average Bonchev–Trinajstić information content (AvgIpc) is 3.40. The fourth-order valence-corrected chi connectivity index (χ4v) is 3.94. The van der Waals surface area contributed by atoms with Crippen LogP contribution in [-0.4, -0.2) is 41.6 Å². The van der Waals surface area contributed by atoms with Gasteiger partial charge in [-0.25, -0.2) is 9.18 Å². The zero-order chi connectivity index (χ0) is 24.2. The lowest BCUT2D eigenvalue weighted by Crippen LogP contribution is -2.36. The van der Waals surface area contributed by atoms with Crippen molar-refractivity contribution in [2.45, 2.75) is 0 Å². The van der Waals surface area contributed by atoms with Crippen LogP contribution >= 0.6 is 11.8 Å². The monoisotopic (exact) mass is 480 g/mol. The van der Waals surface area contributed by atoms with Gasteiger partial charge in [0.25, 0.3) is 11.1 Å². The number of hydrogen-bond acceptors (Lipinski definition) is 7. The maximum absolute atomic E-state index is 13.0. The van der Waals surface area contributed by atoms with Gasteiger partial charge in [0.05, 0.1) is 17.6 Å². The van der Waals surface area contributed by atoms with Crippen molar-refractivity contribution in [3.63, 3.8) is 0 Å². The molecular formula is C24H17FN2O6S. The van der Waals surface area contributed by atoms with Crippen LogP contribution in [-0.2, 0) is 14.3 Å². The molecule has 0 radical (unpaired) electrons. The van der Waals surface area contributed by atoms with E-state index in [0.717, 1.165) is 4.90 Å². The summed E-state index contributed by atoms with van der Waals surface area (Å²) in [5, 5.41) is 1.92. The van der Waals surface area contributed by atoms with E-state index in [2.05, 4.69) is 10.1 Å². The smallest absolute Gasteiger partial charge is 0.337 e. The Labute approximate surface area is 197 Å². The lowest BCUT2D eigenvalue weighted by Gasteiger charge is -2.12. The molecule has 0 bridgehead atoms. The Morgan fingerprint density at radius 3 is 2.44 bits per heavy atom. The first-order valence-electron chi connectivity index (χ1n) is 9.93. The molecule has 1 aliphatic heterocycles. The van der Waals surface area contributed by atoms with Gasteiger partial charge in [0.1, 0.15) is 23.9 Å². The Morgan fingerprint density at radius 1 is 1.06 bits per heavy atom. The molecule has 1 N–H and O–H groups in total. The first-order chi connectivity index (χ1) is 16.3. The zero-order valence-electron chi connectivity index (χ0n) is 17.7. The molecule has 0 unspecified atom stereocenters. The predicted octanol–water partition coefficient (Wildman–Crippen LogP) is 4.55. The number of anilines is 1. The second kappa shape index (κ2) is 9.75. The number of methoxy groups -OCH3 is 1. The third-order valence-corrected chi connectivity index (χ3v) is 5.70. The number of esters is 1. The van der Waals surface area contributed by atoms with E-state index < -0.39 is 35.4 Å². The summed E-state index contributed by atoms with van der Waals surface area (Å²) in [5.74, 6) is -1.27. The SMILES string of the molecule is COC(=O)c1ccc(-c2ccc(/C=C3/SC(=O)N(CC(=O)Nc4ccc(F)cc4)C3=O)o2)cc1. The summed E-state index contributed by atoms with van der Waals surface area (Å²) in [6.45, 7) is -0.477. The maximum atomic E-state index is 13.0. The minimum Gasteiger partial charge on any atom is -0.465 e. The van der Waals surface area contributed by atoms with Gasteiger partial charge in [-0.15, -0.1) is 0 Å². The maximum Gasteiger partial charge on any atom is 0.337 e. The third-order valence-electron chi connectivity index (χ3n) is 4.79. The summed E-state index contributed by atoms with van der Waals surface area (Å²) < 4.78 is 23.4. The molecule has 1 aliphatic rings. The summed E-state index contributed by atoms with van der Waals surface area (Å²) in [7, 11) is 1.30. The fraction of sp³-hybridized carbons (Fsp3) is 0.0833. The van der Waals surface area contributed by atoms with Gasteiger partial charge in [-0.1, -0.05) is 12.1 Å². The van der Waals surface area contributed by atoms with E-state index in [4.69, 9.17) is 4.42 Å². The highest BCUT2D eigenvalue weighted by Crippen LogP contribution is 2.33. The molecule has 0 atom stereocenters. The lowest BCUT2D eigenvalue weighted by molar-refractivity contribution is -0.127. The normalized spacial score (nSPS) is 14.5. The first kappa shape index (κ1) is 23.0.